The van der Waals surface area contributed by atoms with Crippen molar-refractivity contribution in [3.05, 3.63) is 35.1 Å². The Bertz CT molecular complexity index is 832. The fourth-order valence-corrected chi connectivity index (χ4v) is 4.99. The lowest BCUT2D eigenvalue weighted by Crippen LogP contribution is -2.29. The van der Waals surface area contributed by atoms with E-state index >= 15 is 0 Å². The van der Waals surface area contributed by atoms with Gasteiger partial charge in [-0.05, 0) is 56.9 Å². The predicted molar refractivity (Wildman–Crippen MR) is 99.3 cm³/mol. The van der Waals surface area contributed by atoms with Gasteiger partial charge in [-0.2, -0.15) is 0 Å². The highest BCUT2D eigenvalue weighted by Gasteiger charge is 2.25. The topological polar surface area (TPSA) is 76.9 Å². The molecule has 0 saturated heterocycles. The van der Waals surface area contributed by atoms with E-state index in [1.165, 1.54) is 25.0 Å². The fraction of sp³-hybridized carbons (Fsp3) is 0.500. The normalized spacial score (nSPS) is 16.1. The van der Waals surface area contributed by atoms with Gasteiger partial charge in [0, 0.05) is 17.3 Å². The first-order valence-electron chi connectivity index (χ1n) is 8.24. The molecule has 136 valence electrons. The van der Waals surface area contributed by atoms with Crippen LogP contribution in [-0.4, -0.2) is 28.9 Å². The smallest absolute Gasteiger partial charge is 0.241 e. The Balaban J connectivity index is 1.75. The van der Waals surface area contributed by atoms with Crippen LogP contribution in [0.1, 0.15) is 38.6 Å². The van der Waals surface area contributed by atoms with E-state index in [9.17, 15) is 8.42 Å². The Morgan fingerprint density at radius 2 is 2.00 bits per heavy atom. The number of rotatable bonds is 8. The van der Waals surface area contributed by atoms with Crippen molar-refractivity contribution >= 4 is 33.4 Å². The summed E-state index contributed by atoms with van der Waals surface area (Å²) in [5.74, 6) is 2.46. The highest BCUT2D eigenvalue weighted by atomic mass is 35.5. The number of benzene rings is 1. The predicted octanol–water partition coefficient (Wildman–Crippen LogP) is 3.49. The second kappa shape index (κ2) is 7.65. The van der Waals surface area contributed by atoms with Crippen LogP contribution in [0.15, 0.2) is 34.3 Å². The zero-order valence-corrected chi connectivity index (χ0v) is 16.5. The van der Waals surface area contributed by atoms with Gasteiger partial charge in [0.25, 0.3) is 0 Å². The molecule has 1 N–H and O–H groups in total. The van der Waals surface area contributed by atoms with Crippen molar-refractivity contribution in [3.8, 4) is 0 Å². The Kier molecular flexibility index (Phi) is 5.72. The lowest BCUT2D eigenvalue weighted by atomic mass is 10.3. The average Bonchev–Trinajstić information content (AvgIpc) is 3.30. The molecule has 3 rings (SSSR count). The molecule has 1 aromatic carbocycles. The van der Waals surface area contributed by atoms with Crippen LogP contribution < -0.4 is 4.72 Å². The first-order valence-corrected chi connectivity index (χ1v) is 11.1. The second-order valence-corrected chi connectivity index (χ2v) is 9.27. The van der Waals surface area contributed by atoms with Gasteiger partial charge in [0.05, 0.1) is 10.9 Å². The summed E-state index contributed by atoms with van der Waals surface area (Å²) in [5.41, 5.74) is 0. The molecule has 0 amide bonds. The number of nitrogens with zero attached hydrogens (tertiary/aromatic N) is 3. The van der Waals surface area contributed by atoms with Gasteiger partial charge in [-0.1, -0.05) is 23.4 Å². The van der Waals surface area contributed by atoms with Gasteiger partial charge in [0.1, 0.15) is 0 Å². The third-order valence-corrected chi connectivity index (χ3v) is 7.06. The van der Waals surface area contributed by atoms with Gasteiger partial charge in [0.2, 0.25) is 10.0 Å². The SMILES string of the molecule is CCn1c(SCC2CC2)nnc1[C@@H](C)NS(=O)(=O)c1ccc(Cl)cc1. The molecule has 0 spiro atoms. The van der Waals surface area contributed by atoms with Crippen molar-refractivity contribution in [2.75, 3.05) is 5.75 Å². The standard InChI is InChI=1S/C16H21ClN4O2S2/c1-3-21-15(18-19-16(21)24-10-12-4-5-12)11(2)20-25(22,23)14-8-6-13(17)7-9-14/h6-9,11-12,20H,3-5,10H2,1-2H3/t11-/m1/s1. The maximum atomic E-state index is 12.5. The molecule has 0 unspecified atom stereocenters. The summed E-state index contributed by atoms with van der Waals surface area (Å²) >= 11 is 7.52. The molecule has 0 aliphatic heterocycles. The van der Waals surface area contributed by atoms with E-state index in [2.05, 4.69) is 14.9 Å². The first kappa shape index (κ1) is 18.7. The molecule has 9 heteroatoms. The van der Waals surface area contributed by atoms with Crippen LogP contribution >= 0.6 is 23.4 Å². The van der Waals surface area contributed by atoms with Crippen LogP contribution in [0.4, 0.5) is 0 Å². The number of hydrogen-bond acceptors (Lipinski definition) is 5. The van der Waals surface area contributed by atoms with E-state index in [1.54, 1.807) is 30.8 Å². The molecule has 1 atom stereocenters. The van der Waals surface area contributed by atoms with E-state index in [1.807, 2.05) is 11.5 Å². The van der Waals surface area contributed by atoms with Gasteiger partial charge >= 0.3 is 0 Å². The van der Waals surface area contributed by atoms with Crippen molar-refractivity contribution in [3.63, 3.8) is 0 Å². The van der Waals surface area contributed by atoms with E-state index in [-0.39, 0.29) is 4.90 Å². The Labute approximate surface area is 157 Å². The summed E-state index contributed by atoms with van der Waals surface area (Å²) in [7, 11) is -3.65. The van der Waals surface area contributed by atoms with Crippen molar-refractivity contribution in [1.82, 2.24) is 19.5 Å². The van der Waals surface area contributed by atoms with Crippen LogP contribution in [0.2, 0.25) is 5.02 Å². The second-order valence-electron chi connectivity index (χ2n) is 6.14. The van der Waals surface area contributed by atoms with Gasteiger partial charge < -0.3 is 4.57 Å². The number of thioether (sulfide) groups is 1. The third kappa shape index (κ3) is 4.55. The quantitative estimate of drug-likeness (QED) is 0.686. The maximum Gasteiger partial charge on any atom is 0.241 e. The summed E-state index contributed by atoms with van der Waals surface area (Å²) < 4.78 is 29.7. The minimum atomic E-state index is -3.65. The number of aromatic nitrogens is 3. The molecular formula is C16H21ClN4O2S2. The molecule has 1 saturated carbocycles. The Hall–Kier alpha value is -1.09. The number of halogens is 1. The minimum Gasteiger partial charge on any atom is -0.305 e. The molecule has 1 heterocycles. The minimum absolute atomic E-state index is 0.176. The van der Waals surface area contributed by atoms with E-state index < -0.39 is 16.1 Å². The van der Waals surface area contributed by atoms with Crippen molar-refractivity contribution in [2.24, 2.45) is 5.92 Å². The van der Waals surface area contributed by atoms with Gasteiger partial charge in [0.15, 0.2) is 11.0 Å². The summed E-state index contributed by atoms with van der Waals surface area (Å²) in [4.78, 5) is 0.176. The van der Waals surface area contributed by atoms with Crippen molar-refractivity contribution in [1.29, 1.82) is 0 Å². The van der Waals surface area contributed by atoms with E-state index in [0.717, 1.165) is 16.8 Å². The third-order valence-electron chi connectivity index (χ3n) is 4.05. The summed E-state index contributed by atoms with van der Waals surface area (Å²) in [6, 6.07) is 5.60. The van der Waals surface area contributed by atoms with Crippen LogP contribution in [0.25, 0.3) is 0 Å². The van der Waals surface area contributed by atoms with Crippen molar-refractivity contribution in [2.45, 2.75) is 49.3 Å². The van der Waals surface area contributed by atoms with Gasteiger partial charge in [-0.25, -0.2) is 13.1 Å². The number of nitrogens with one attached hydrogen (secondary N) is 1. The molecule has 1 aliphatic carbocycles. The molecule has 25 heavy (non-hydrogen) atoms. The van der Waals surface area contributed by atoms with Gasteiger partial charge in [-0.3, -0.25) is 0 Å². The Morgan fingerprint density at radius 1 is 1.32 bits per heavy atom. The van der Waals surface area contributed by atoms with E-state index in [0.29, 0.717) is 17.4 Å². The highest BCUT2D eigenvalue weighted by Crippen LogP contribution is 2.35. The summed E-state index contributed by atoms with van der Waals surface area (Å²) in [6.07, 6.45) is 2.58. The number of sulfonamides is 1. The average molecular weight is 401 g/mol. The first-order chi connectivity index (χ1) is 11.9. The molecule has 2 aromatic rings. The number of hydrogen-bond donors (Lipinski definition) is 1. The maximum absolute atomic E-state index is 12.5. The molecular weight excluding hydrogens is 380 g/mol. The van der Waals surface area contributed by atoms with E-state index in [4.69, 9.17) is 11.6 Å². The molecule has 0 radical (unpaired) electrons. The van der Waals surface area contributed by atoms with Crippen LogP contribution in [0, 0.1) is 5.92 Å². The fourth-order valence-electron chi connectivity index (χ4n) is 2.47. The largest absolute Gasteiger partial charge is 0.305 e. The zero-order chi connectivity index (χ0) is 18.0. The summed E-state index contributed by atoms with van der Waals surface area (Å²) in [5, 5.41) is 9.81. The molecule has 1 fully saturated rings. The molecule has 1 aromatic heterocycles. The molecule has 0 bridgehead atoms. The van der Waals surface area contributed by atoms with Gasteiger partial charge in [-0.15, -0.1) is 10.2 Å². The summed E-state index contributed by atoms with van der Waals surface area (Å²) in [6.45, 7) is 4.48. The van der Waals surface area contributed by atoms with Crippen LogP contribution in [0.3, 0.4) is 0 Å². The van der Waals surface area contributed by atoms with Crippen LogP contribution in [0.5, 0.6) is 0 Å². The molecule has 1 aliphatic rings. The zero-order valence-electron chi connectivity index (χ0n) is 14.1. The lowest BCUT2D eigenvalue weighted by molar-refractivity contribution is 0.539. The van der Waals surface area contributed by atoms with Crippen molar-refractivity contribution < 1.29 is 8.42 Å². The highest BCUT2D eigenvalue weighted by molar-refractivity contribution is 7.99. The lowest BCUT2D eigenvalue weighted by Gasteiger charge is -2.15. The molecule has 6 nitrogen and oxygen atoms in total. The Morgan fingerprint density at radius 3 is 2.60 bits per heavy atom. The van der Waals surface area contributed by atoms with Crippen LogP contribution in [-0.2, 0) is 16.6 Å². The monoisotopic (exact) mass is 400 g/mol.